The van der Waals surface area contributed by atoms with E-state index >= 15 is 0 Å². The van der Waals surface area contributed by atoms with E-state index in [-0.39, 0.29) is 23.9 Å². The molecular formula is C15H20N2O4S2. The van der Waals surface area contributed by atoms with Gasteiger partial charge in [-0.15, -0.1) is 11.3 Å². The molecule has 1 N–H and O–H groups in total. The van der Waals surface area contributed by atoms with Gasteiger partial charge in [0.2, 0.25) is 0 Å². The number of nitrogens with zero attached hydrogens (tertiary/aromatic N) is 1. The van der Waals surface area contributed by atoms with E-state index in [2.05, 4.69) is 16.9 Å². The standard InChI is InChI=1S/C15H20N2O4S2/c1-3-4-5-20-6-7-21-12(18)9-22-15-16-13(19)11-8-10(2)23-14(11)17-15/h8H,3-7,9H2,1-2H3,(H,16,17,19). The molecule has 0 aliphatic heterocycles. The van der Waals surface area contributed by atoms with Crippen molar-refractivity contribution in [2.75, 3.05) is 25.6 Å². The van der Waals surface area contributed by atoms with Crippen molar-refractivity contribution >= 4 is 39.3 Å². The molecule has 0 spiro atoms. The van der Waals surface area contributed by atoms with Gasteiger partial charge in [-0.2, -0.15) is 0 Å². The SMILES string of the molecule is CCCCOCCOC(=O)CSc1nc2sc(C)cc2c(=O)[nH]1. The number of H-pyrrole nitrogens is 1. The Labute approximate surface area is 142 Å². The Kier molecular flexibility index (Phi) is 7.07. The number of nitrogens with one attached hydrogen (secondary N) is 1. The molecule has 0 bridgehead atoms. The minimum absolute atomic E-state index is 0.105. The largest absolute Gasteiger partial charge is 0.463 e. The van der Waals surface area contributed by atoms with E-state index in [4.69, 9.17) is 9.47 Å². The van der Waals surface area contributed by atoms with Gasteiger partial charge in [0.1, 0.15) is 11.4 Å². The second kappa shape index (κ2) is 9.05. The number of thioether (sulfide) groups is 1. The number of aryl methyl sites for hydroxylation is 1. The minimum Gasteiger partial charge on any atom is -0.463 e. The molecule has 0 saturated heterocycles. The number of unbranched alkanes of at least 4 members (excludes halogenated alkanes) is 1. The number of rotatable bonds is 9. The first-order valence-corrected chi connectivity index (χ1v) is 9.27. The zero-order valence-electron chi connectivity index (χ0n) is 13.2. The number of hydrogen-bond donors (Lipinski definition) is 1. The second-order valence-corrected chi connectivity index (χ2v) is 7.12. The molecule has 0 amide bonds. The molecule has 8 heteroatoms. The average molecular weight is 356 g/mol. The van der Waals surface area contributed by atoms with Crippen molar-refractivity contribution in [1.82, 2.24) is 9.97 Å². The van der Waals surface area contributed by atoms with Crippen LogP contribution in [-0.4, -0.2) is 41.5 Å². The summed E-state index contributed by atoms with van der Waals surface area (Å²) < 4.78 is 10.4. The van der Waals surface area contributed by atoms with Crippen LogP contribution >= 0.6 is 23.1 Å². The second-order valence-electron chi connectivity index (χ2n) is 4.92. The monoisotopic (exact) mass is 356 g/mol. The van der Waals surface area contributed by atoms with Gasteiger partial charge in [-0.25, -0.2) is 4.98 Å². The first kappa shape index (κ1) is 18.0. The van der Waals surface area contributed by atoms with Crippen molar-refractivity contribution < 1.29 is 14.3 Å². The topological polar surface area (TPSA) is 81.3 Å². The maximum absolute atomic E-state index is 11.9. The van der Waals surface area contributed by atoms with Crippen LogP contribution in [0.3, 0.4) is 0 Å². The molecule has 0 fully saturated rings. The number of ether oxygens (including phenoxy) is 2. The number of aromatic amines is 1. The fourth-order valence-corrected chi connectivity index (χ4v) is 3.43. The Morgan fingerprint density at radius 1 is 1.39 bits per heavy atom. The molecule has 2 heterocycles. The van der Waals surface area contributed by atoms with Gasteiger partial charge in [0.25, 0.3) is 5.56 Å². The summed E-state index contributed by atoms with van der Waals surface area (Å²) in [5, 5.41) is 1.02. The van der Waals surface area contributed by atoms with Crippen LogP contribution in [0.4, 0.5) is 0 Å². The van der Waals surface area contributed by atoms with Crippen molar-refractivity contribution in [2.24, 2.45) is 0 Å². The molecule has 126 valence electrons. The fourth-order valence-electron chi connectivity index (χ4n) is 1.83. The van der Waals surface area contributed by atoms with Gasteiger partial charge < -0.3 is 14.5 Å². The molecule has 2 rings (SSSR count). The molecule has 23 heavy (non-hydrogen) atoms. The molecule has 0 aliphatic carbocycles. The zero-order valence-corrected chi connectivity index (χ0v) is 14.8. The Bertz CT molecular complexity index is 711. The lowest BCUT2D eigenvalue weighted by molar-refractivity contribution is -0.141. The van der Waals surface area contributed by atoms with Crippen LogP contribution in [0.5, 0.6) is 0 Å². The average Bonchev–Trinajstić information content (AvgIpc) is 2.90. The predicted molar refractivity (Wildman–Crippen MR) is 92.4 cm³/mol. The molecule has 2 aromatic rings. The smallest absolute Gasteiger partial charge is 0.316 e. The van der Waals surface area contributed by atoms with E-state index in [0.29, 0.717) is 28.6 Å². The first-order valence-electron chi connectivity index (χ1n) is 7.46. The lowest BCUT2D eigenvalue weighted by atomic mass is 10.4. The van der Waals surface area contributed by atoms with Gasteiger partial charge in [-0.3, -0.25) is 9.59 Å². The number of carbonyl (C=O) groups is 1. The predicted octanol–water partition coefficient (Wildman–Crippen LogP) is 2.75. The van der Waals surface area contributed by atoms with Gasteiger partial charge in [0.05, 0.1) is 17.7 Å². The van der Waals surface area contributed by atoms with Crippen molar-refractivity contribution in [1.29, 1.82) is 0 Å². The summed E-state index contributed by atoms with van der Waals surface area (Å²) in [7, 11) is 0. The first-order chi connectivity index (χ1) is 11.1. The summed E-state index contributed by atoms with van der Waals surface area (Å²) in [6, 6.07) is 1.81. The highest BCUT2D eigenvalue weighted by Crippen LogP contribution is 2.22. The lowest BCUT2D eigenvalue weighted by Gasteiger charge is -2.05. The molecule has 0 aliphatic rings. The van der Waals surface area contributed by atoms with Crippen LogP contribution in [-0.2, 0) is 14.3 Å². The summed E-state index contributed by atoms with van der Waals surface area (Å²) in [6.45, 7) is 5.36. The normalized spacial score (nSPS) is 11.0. The third kappa shape index (κ3) is 5.63. The number of esters is 1. The zero-order chi connectivity index (χ0) is 16.7. The number of hydrogen-bond acceptors (Lipinski definition) is 7. The van der Waals surface area contributed by atoms with Crippen molar-refractivity contribution in [3.05, 3.63) is 21.3 Å². The lowest BCUT2D eigenvalue weighted by Crippen LogP contribution is -2.14. The van der Waals surface area contributed by atoms with E-state index in [1.165, 1.54) is 11.3 Å². The molecule has 2 aromatic heterocycles. The van der Waals surface area contributed by atoms with E-state index in [1.807, 2.05) is 13.0 Å². The summed E-state index contributed by atoms with van der Waals surface area (Å²) in [6.07, 6.45) is 2.09. The van der Waals surface area contributed by atoms with Gasteiger partial charge in [-0.05, 0) is 19.4 Å². The maximum Gasteiger partial charge on any atom is 0.316 e. The molecular weight excluding hydrogens is 336 g/mol. The Balaban J connectivity index is 1.77. The molecule has 0 saturated carbocycles. The summed E-state index contributed by atoms with van der Waals surface area (Å²) >= 11 is 2.62. The Morgan fingerprint density at radius 3 is 3.00 bits per heavy atom. The van der Waals surface area contributed by atoms with Crippen molar-refractivity contribution in [3.8, 4) is 0 Å². The van der Waals surface area contributed by atoms with Gasteiger partial charge in [-0.1, -0.05) is 25.1 Å². The quantitative estimate of drug-likeness (QED) is 0.322. The number of thiophene rings is 1. The highest BCUT2D eigenvalue weighted by atomic mass is 32.2. The molecule has 6 nitrogen and oxygen atoms in total. The fraction of sp³-hybridized carbons (Fsp3) is 0.533. The van der Waals surface area contributed by atoms with E-state index in [0.717, 1.165) is 29.5 Å². The van der Waals surface area contributed by atoms with E-state index in [1.54, 1.807) is 0 Å². The summed E-state index contributed by atoms with van der Waals surface area (Å²) in [4.78, 5) is 32.3. The minimum atomic E-state index is -0.348. The molecule has 0 radical (unpaired) electrons. The third-order valence-electron chi connectivity index (χ3n) is 2.96. The van der Waals surface area contributed by atoms with E-state index in [9.17, 15) is 9.59 Å². The van der Waals surface area contributed by atoms with Crippen LogP contribution < -0.4 is 5.56 Å². The highest BCUT2D eigenvalue weighted by Gasteiger charge is 2.10. The van der Waals surface area contributed by atoms with Gasteiger partial charge in [0.15, 0.2) is 5.16 Å². The van der Waals surface area contributed by atoms with Crippen molar-refractivity contribution in [2.45, 2.75) is 31.8 Å². The van der Waals surface area contributed by atoms with Gasteiger partial charge >= 0.3 is 5.97 Å². The van der Waals surface area contributed by atoms with Crippen LogP contribution in [0.1, 0.15) is 24.6 Å². The number of carbonyl (C=O) groups excluding carboxylic acids is 1. The Morgan fingerprint density at radius 2 is 2.22 bits per heavy atom. The van der Waals surface area contributed by atoms with E-state index < -0.39 is 0 Å². The molecule has 0 unspecified atom stereocenters. The van der Waals surface area contributed by atoms with Crippen LogP contribution in [0.15, 0.2) is 16.0 Å². The maximum atomic E-state index is 11.9. The Hall–Kier alpha value is -1.38. The summed E-state index contributed by atoms with van der Waals surface area (Å²) in [5.41, 5.74) is -0.181. The number of aromatic nitrogens is 2. The van der Waals surface area contributed by atoms with Crippen LogP contribution in [0.25, 0.3) is 10.2 Å². The van der Waals surface area contributed by atoms with Gasteiger partial charge in [0, 0.05) is 11.5 Å². The van der Waals surface area contributed by atoms with Crippen LogP contribution in [0, 0.1) is 6.92 Å². The molecule has 0 aromatic carbocycles. The molecule has 0 atom stereocenters. The van der Waals surface area contributed by atoms with Crippen LogP contribution in [0.2, 0.25) is 0 Å². The third-order valence-corrected chi connectivity index (χ3v) is 4.75. The summed E-state index contributed by atoms with van der Waals surface area (Å²) in [5.74, 6) is -0.243. The number of fused-ring (bicyclic) bond motifs is 1. The van der Waals surface area contributed by atoms with Crippen molar-refractivity contribution in [3.63, 3.8) is 0 Å². The highest BCUT2D eigenvalue weighted by molar-refractivity contribution is 7.99.